The molecule has 2 aromatic rings. The van der Waals surface area contributed by atoms with Crippen molar-refractivity contribution in [2.75, 3.05) is 4.72 Å². The van der Waals surface area contributed by atoms with Crippen LogP contribution in [0.3, 0.4) is 0 Å². The van der Waals surface area contributed by atoms with Crippen LogP contribution in [0.1, 0.15) is 22.4 Å². The van der Waals surface area contributed by atoms with E-state index in [4.69, 9.17) is 5.73 Å². The number of nitrogens with zero attached hydrogens (tertiary/aromatic N) is 2. The van der Waals surface area contributed by atoms with Gasteiger partial charge in [-0.2, -0.15) is 8.42 Å². The van der Waals surface area contributed by atoms with Gasteiger partial charge in [0.2, 0.25) is 0 Å². The number of aromatic nitrogens is 2. The maximum atomic E-state index is 12.2. The van der Waals surface area contributed by atoms with Crippen LogP contribution in [0, 0.1) is 6.92 Å². The van der Waals surface area contributed by atoms with Gasteiger partial charge in [0.25, 0.3) is 15.9 Å². The van der Waals surface area contributed by atoms with Crippen molar-refractivity contribution in [2.24, 2.45) is 5.73 Å². The highest BCUT2D eigenvalue weighted by Crippen LogP contribution is 2.22. The van der Waals surface area contributed by atoms with Crippen LogP contribution in [0.5, 0.6) is 0 Å². The Morgan fingerprint density at radius 2 is 2.25 bits per heavy atom. The highest BCUT2D eigenvalue weighted by molar-refractivity contribution is 7.92. The Morgan fingerprint density at radius 3 is 2.75 bits per heavy atom. The van der Waals surface area contributed by atoms with Crippen LogP contribution in [0.2, 0.25) is 0 Å². The number of carbonyl (C=O) groups is 1. The third kappa shape index (κ3) is 2.83. The summed E-state index contributed by atoms with van der Waals surface area (Å²) in [5, 5.41) is 1.46. The predicted molar refractivity (Wildman–Crippen MR) is 76.3 cm³/mol. The van der Waals surface area contributed by atoms with Crippen molar-refractivity contribution in [1.29, 1.82) is 0 Å². The van der Waals surface area contributed by atoms with E-state index in [0.717, 1.165) is 11.3 Å². The zero-order valence-electron chi connectivity index (χ0n) is 11.0. The van der Waals surface area contributed by atoms with Crippen molar-refractivity contribution in [3.63, 3.8) is 0 Å². The number of primary amides is 1. The monoisotopic (exact) mass is 314 g/mol. The molecule has 0 aliphatic heterocycles. The maximum absolute atomic E-state index is 12.2. The maximum Gasteiger partial charge on any atom is 0.280 e. The molecule has 9 heteroatoms. The molecule has 0 saturated heterocycles. The first-order chi connectivity index (χ1) is 9.33. The molecule has 2 heterocycles. The quantitative estimate of drug-likeness (QED) is 0.863. The summed E-state index contributed by atoms with van der Waals surface area (Å²) >= 11 is 1.08. The van der Waals surface area contributed by atoms with E-state index in [9.17, 15) is 13.2 Å². The largest absolute Gasteiger partial charge is 0.365 e. The van der Waals surface area contributed by atoms with Crippen molar-refractivity contribution in [2.45, 2.75) is 25.4 Å². The Bertz CT molecular complexity index is 746. The summed E-state index contributed by atoms with van der Waals surface area (Å²) in [5.41, 5.74) is 5.42. The molecular weight excluding hydrogens is 300 g/mol. The normalized spacial score (nSPS) is 11.5. The number of thiophene rings is 1. The Kier molecular flexibility index (Phi) is 3.82. The van der Waals surface area contributed by atoms with E-state index in [1.807, 2.05) is 6.92 Å². The number of aryl methyl sites for hydroxylation is 2. The predicted octanol–water partition coefficient (Wildman–Crippen LogP) is 1.17. The summed E-state index contributed by atoms with van der Waals surface area (Å²) in [6.45, 7) is 4.27. The molecule has 0 saturated carbocycles. The van der Waals surface area contributed by atoms with Crippen LogP contribution in [-0.2, 0) is 16.6 Å². The number of anilines is 1. The van der Waals surface area contributed by atoms with Gasteiger partial charge in [-0.1, -0.05) is 0 Å². The average molecular weight is 314 g/mol. The molecule has 0 radical (unpaired) electrons. The van der Waals surface area contributed by atoms with E-state index >= 15 is 0 Å². The van der Waals surface area contributed by atoms with Gasteiger partial charge in [-0.25, -0.2) is 4.98 Å². The molecule has 0 aromatic carbocycles. The topological polar surface area (TPSA) is 107 Å². The summed E-state index contributed by atoms with van der Waals surface area (Å²) in [4.78, 5) is 15.3. The molecule has 108 valence electrons. The van der Waals surface area contributed by atoms with E-state index in [-0.39, 0.29) is 9.90 Å². The number of hydrogen-bond acceptors (Lipinski definition) is 5. The van der Waals surface area contributed by atoms with Gasteiger partial charge >= 0.3 is 0 Å². The van der Waals surface area contributed by atoms with E-state index in [1.165, 1.54) is 17.6 Å². The highest BCUT2D eigenvalue weighted by atomic mass is 32.2. The number of nitrogens with one attached hydrogen (secondary N) is 1. The standard InChI is InChI=1S/C11H14N4O3S2/c1-3-15-5-10(13-7(15)2)20(17,18)14-8-4-9(11(12)16)19-6-8/h4-6,14H,3H2,1-2H3,(H2,12,16). The highest BCUT2D eigenvalue weighted by Gasteiger charge is 2.20. The molecular formula is C11H14N4O3S2. The fourth-order valence-electron chi connectivity index (χ4n) is 1.66. The minimum atomic E-state index is -3.76. The number of sulfonamides is 1. The second kappa shape index (κ2) is 5.25. The van der Waals surface area contributed by atoms with Crippen molar-refractivity contribution >= 4 is 33.0 Å². The molecule has 20 heavy (non-hydrogen) atoms. The fourth-order valence-corrected chi connectivity index (χ4v) is 3.47. The molecule has 0 atom stereocenters. The second-order valence-corrected chi connectivity index (χ2v) is 6.62. The molecule has 0 bridgehead atoms. The fraction of sp³-hybridized carbons (Fsp3) is 0.273. The number of amides is 1. The van der Waals surface area contributed by atoms with Gasteiger partial charge in [-0.05, 0) is 19.9 Å². The summed E-state index contributed by atoms with van der Waals surface area (Å²) in [6, 6.07) is 1.40. The Balaban J connectivity index is 2.27. The molecule has 2 aromatic heterocycles. The number of imidazole rings is 1. The zero-order valence-corrected chi connectivity index (χ0v) is 12.6. The smallest absolute Gasteiger partial charge is 0.280 e. The molecule has 0 spiro atoms. The van der Waals surface area contributed by atoms with Crippen molar-refractivity contribution in [1.82, 2.24) is 9.55 Å². The van der Waals surface area contributed by atoms with Crippen LogP contribution < -0.4 is 10.5 Å². The number of nitrogens with two attached hydrogens (primary N) is 1. The van der Waals surface area contributed by atoms with Crippen LogP contribution in [0.25, 0.3) is 0 Å². The number of carbonyl (C=O) groups excluding carboxylic acids is 1. The lowest BCUT2D eigenvalue weighted by molar-refractivity contribution is 0.100. The van der Waals surface area contributed by atoms with E-state index in [1.54, 1.807) is 11.5 Å². The Morgan fingerprint density at radius 1 is 1.55 bits per heavy atom. The van der Waals surface area contributed by atoms with Crippen molar-refractivity contribution in [3.05, 3.63) is 28.3 Å². The molecule has 7 nitrogen and oxygen atoms in total. The van der Waals surface area contributed by atoms with Gasteiger partial charge in [0.1, 0.15) is 5.82 Å². The molecule has 0 unspecified atom stereocenters. The lowest BCUT2D eigenvalue weighted by atomic mass is 10.4. The van der Waals surface area contributed by atoms with E-state index in [0.29, 0.717) is 18.1 Å². The van der Waals surface area contributed by atoms with Crippen LogP contribution >= 0.6 is 11.3 Å². The summed E-state index contributed by atoms with van der Waals surface area (Å²) < 4.78 is 28.4. The van der Waals surface area contributed by atoms with Gasteiger partial charge < -0.3 is 10.3 Å². The second-order valence-electron chi connectivity index (χ2n) is 4.08. The zero-order chi connectivity index (χ0) is 14.9. The Hall–Kier alpha value is -1.87. The molecule has 0 aliphatic carbocycles. The van der Waals surface area contributed by atoms with Crippen LogP contribution in [-0.4, -0.2) is 23.9 Å². The molecule has 0 fully saturated rings. The van der Waals surface area contributed by atoms with E-state index in [2.05, 4.69) is 9.71 Å². The minimum Gasteiger partial charge on any atom is -0.365 e. The lowest BCUT2D eigenvalue weighted by Crippen LogP contribution is -2.13. The number of rotatable bonds is 5. The lowest BCUT2D eigenvalue weighted by Gasteiger charge is -2.02. The summed E-state index contributed by atoms with van der Waals surface area (Å²) in [5.74, 6) is 0.0302. The summed E-state index contributed by atoms with van der Waals surface area (Å²) in [6.07, 6.45) is 1.47. The van der Waals surface area contributed by atoms with Gasteiger partial charge in [0, 0.05) is 18.1 Å². The average Bonchev–Trinajstić information content (AvgIpc) is 2.95. The minimum absolute atomic E-state index is 0.0522. The first kappa shape index (κ1) is 14.5. The Labute approximate surface area is 120 Å². The van der Waals surface area contributed by atoms with Crippen molar-refractivity contribution < 1.29 is 13.2 Å². The molecule has 2 rings (SSSR count). The van der Waals surface area contributed by atoms with Gasteiger partial charge in [0.15, 0.2) is 5.03 Å². The molecule has 0 aliphatic rings. The van der Waals surface area contributed by atoms with Crippen molar-refractivity contribution in [3.8, 4) is 0 Å². The molecule has 3 N–H and O–H groups in total. The number of hydrogen-bond donors (Lipinski definition) is 2. The SMILES string of the molecule is CCn1cc(S(=O)(=O)Nc2csc(C(N)=O)c2)nc1C. The van der Waals surface area contributed by atoms with Gasteiger partial charge in [-0.3, -0.25) is 9.52 Å². The van der Waals surface area contributed by atoms with Gasteiger partial charge in [-0.15, -0.1) is 11.3 Å². The summed E-state index contributed by atoms with van der Waals surface area (Å²) in [7, 11) is -3.76. The van der Waals surface area contributed by atoms with E-state index < -0.39 is 15.9 Å². The van der Waals surface area contributed by atoms with Gasteiger partial charge in [0.05, 0.1) is 10.6 Å². The molecule has 1 amide bonds. The third-order valence-electron chi connectivity index (χ3n) is 2.66. The first-order valence-corrected chi connectivity index (χ1v) is 8.14. The van der Waals surface area contributed by atoms with Crippen LogP contribution in [0.4, 0.5) is 5.69 Å². The third-order valence-corrected chi connectivity index (χ3v) is 4.86. The first-order valence-electron chi connectivity index (χ1n) is 5.78. The van der Waals surface area contributed by atoms with Crippen LogP contribution in [0.15, 0.2) is 22.7 Å².